The highest BCUT2D eigenvalue weighted by molar-refractivity contribution is 6.47. The first-order valence-electron chi connectivity index (χ1n) is 5.83. The Morgan fingerprint density at radius 2 is 2.26 bits per heavy atom. The number of nitrogens with one attached hydrogen (secondary N) is 2. The van der Waals surface area contributed by atoms with Gasteiger partial charge in [-0.25, -0.2) is 4.99 Å². The molecule has 6 nitrogen and oxygen atoms in total. The van der Waals surface area contributed by atoms with Gasteiger partial charge in [0.05, 0.1) is 5.69 Å². The van der Waals surface area contributed by atoms with Crippen LogP contribution >= 0.6 is 0 Å². The van der Waals surface area contributed by atoms with Gasteiger partial charge in [-0.15, -0.1) is 0 Å². The van der Waals surface area contributed by atoms with Gasteiger partial charge in [-0.1, -0.05) is 0 Å². The first-order chi connectivity index (χ1) is 9.24. The molecule has 1 amide bonds. The van der Waals surface area contributed by atoms with Crippen molar-refractivity contribution in [3.63, 3.8) is 0 Å². The fraction of sp³-hybridized carbons (Fsp3) is 0.0769. The normalized spacial score (nSPS) is 18.3. The number of aromatic nitrogens is 2. The third kappa shape index (κ3) is 1.43. The standard InChI is InChI=1S/C13H8N4O2/c18-9-2-1-3-14-12(9)15-13(19)11-8-5-6-4-7(6)10(8)16-17-11/h1-3,5,16-17H,4H2. The molecule has 2 aliphatic heterocycles. The number of allylic oxidation sites excluding steroid dienone is 1. The first kappa shape index (κ1) is 10.2. The molecule has 2 N–H and O–H groups in total. The molecule has 0 spiro atoms. The molecule has 0 aromatic heterocycles. The summed E-state index contributed by atoms with van der Waals surface area (Å²) < 4.78 is 0. The van der Waals surface area contributed by atoms with E-state index in [4.69, 9.17) is 0 Å². The number of carbonyl (C=O) groups excluding carboxylic acids is 2. The van der Waals surface area contributed by atoms with E-state index >= 15 is 0 Å². The van der Waals surface area contributed by atoms with Gasteiger partial charge in [-0.3, -0.25) is 19.8 Å². The Morgan fingerprint density at radius 1 is 1.37 bits per heavy atom. The minimum Gasteiger partial charge on any atom is -0.300 e. The molecule has 0 saturated carbocycles. The van der Waals surface area contributed by atoms with Crippen molar-refractivity contribution >= 4 is 23.7 Å². The van der Waals surface area contributed by atoms with Crippen LogP contribution in [0.1, 0.15) is 21.6 Å². The number of amides is 1. The number of aliphatic imine (C=N–C) groups is 2. The van der Waals surface area contributed by atoms with Crippen LogP contribution in [0.25, 0.3) is 11.3 Å². The van der Waals surface area contributed by atoms with Crippen molar-refractivity contribution in [2.24, 2.45) is 9.98 Å². The number of aromatic amines is 2. The molecule has 0 atom stereocenters. The summed E-state index contributed by atoms with van der Waals surface area (Å²) in [7, 11) is 0. The summed E-state index contributed by atoms with van der Waals surface area (Å²) >= 11 is 0. The summed E-state index contributed by atoms with van der Waals surface area (Å²) in [5, 5.41) is 5.77. The molecule has 4 aliphatic rings. The van der Waals surface area contributed by atoms with Crippen molar-refractivity contribution in [3.8, 4) is 11.3 Å². The lowest BCUT2D eigenvalue weighted by Gasteiger charge is -1.99. The van der Waals surface area contributed by atoms with E-state index in [0.29, 0.717) is 5.69 Å². The van der Waals surface area contributed by atoms with Crippen LogP contribution in [0.5, 0.6) is 0 Å². The van der Waals surface area contributed by atoms with Crippen molar-refractivity contribution < 1.29 is 9.59 Å². The molecule has 0 aromatic rings. The van der Waals surface area contributed by atoms with Crippen molar-refractivity contribution in [2.75, 3.05) is 0 Å². The maximum atomic E-state index is 12.1. The molecular weight excluding hydrogens is 244 g/mol. The van der Waals surface area contributed by atoms with Crippen LogP contribution in [0.15, 0.2) is 28.2 Å². The summed E-state index contributed by atoms with van der Waals surface area (Å²) in [6.07, 6.45) is 5.26. The van der Waals surface area contributed by atoms with Gasteiger partial charge in [0.15, 0.2) is 0 Å². The average molecular weight is 252 g/mol. The topological polar surface area (TPSA) is 90.4 Å². The number of hydrogen-bond donors (Lipinski definition) is 2. The maximum absolute atomic E-state index is 12.1. The molecule has 4 rings (SSSR count). The second-order valence-electron chi connectivity index (χ2n) is 4.48. The molecular formula is C13H8N4O2. The molecule has 0 radical (unpaired) electrons. The van der Waals surface area contributed by atoms with Crippen LogP contribution in [0.2, 0.25) is 0 Å². The van der Waals surface area contributed by atoms with E-state index in [1.807, 2.05) is 6.07 Å². The summed E-state index contributed by atoms with van der Waals surface area (Å²) in [4.78, 5) is 31.1. The van der Waals surface area contributed by atoms with Crippen molar-refractivity contribution in [1.82, 2.24) is 10.2 Å². The molecule has 0 saturated heterocycles. The molecule has 92 valence electrons. The van der Waals surface area contributed by atoms with Crippen LogP contribution in [0.3, 0.4) is 0 Å². The van der Waals surface area contributed by atoms with Gasteiger partial charge in [0.2, 0.25) is 11.6 Å². The number of fused-ring (bicyclic) bond motifs is 3. The highest BCUT2D eigenvalue weighted by atomic mass is 16.2. The van der Waals surface area contributed by atoms with E-state index in [1.54, 1.807) is 0 Å². The second-order valence-corrected chi connectivity index (χ2v) is 4.48. The lowest BCUT2D eigenvalue weighted by Crippen LogP contribution is -2.14. The van der Waals surface area contributed by atoms with Gasteiger partial charge in [0.1, 0.15) is 5.69 Å². The number of carbonyl (C=O) groups is 2. The van der Waals surface area contributed by atoms with Gasteiger partial charge in [-0.2, -0.15) is 4.99 Å². The Labute approximate surface area is 107 Å². The third-order valence-corrected chi connectivity index (χ3v) is 3.27. The maximum Gasteiger partial charge on any atom is 0.297 e. The van der Waals surface area contributed by atoms with E-state index in [2.05, 4.69) is 20.2 Å². The van der Waals surface area contributed by atoms with Crippen LogP contribution in [0, 0.1) is 0 Å². The number of dihydropyridines is 1. The number of rotatable bonds is 1. The molecule has 0 aromatic carbocycles. The highest BCUT2D eigenvalue weighted by Crippen LogP contribution is 2.43. The molecule has 2 aliphatic carbocycles. The highest BCUT2D eigenvalue weighted by Gasteiger charge is 2.31. The van der Waals surface area contributed by atoms with E-state index < -0.39 is 5.91 Å². The molecule has 6 heteroatoms. The Hall–Kier alpha value is -2.76. The van der Waals surface area contributed by atoms with Crippen molar-refractivity contribution in [1.29, 1.82) is 0 Å². The number of ketones is 1. The fourth-order valence-corrected chi connectivity index (χ4v) is 2.26. The number of H-pyrrole nitrogens is 2. The Balaban J connectivity index is 1.71. The SMILES string of the molecule is O=C1C=CC=NC1=NC(=O)c1[nH][nH]c2c3c(cc1-2)C3. The predicted octanol–water partition coefficient (Wildman–Crippen LogP) is 1.10. The van der Waals surface area contributed by atoms with Crippen LogP contribution in [-0.2, 0) is 11.2 Å². The predicted molar refractivity (Wildman–Crippen MR) is 69.0 cm³/mol. The minimum atomic E-state index is -0.493. The molecule has 2 heterocycles. The third-order valence-electron chi connectivity index (χ3n) is 3.27. The van der Waals surface area contributed by atoms with Crippen LogP contribution in [-0.4, -0.2) is 33.9 Å². The Kier molecular flexibility index (Phi) is 1.81. The van der Waals surface area contributed by atoms with E-state index in [9.17, 15) is 9.59 Å². The zero-order valence-electron chi connectivity index (χ0n) is 9.73. The molecule has 0 bridgehead atoms. The lowest BCUT2D eigenvalue weighted by atomic mass is 10.1. The zero-order valence-corrected chi connectivity index (χ0v) is 9.73. The smallest absolute Gasteiger partial charge is 0.297 e. The minimum absolute atomic E-state index is 0.0840. The van der Waals surface area contributed by atoms with Crippen molar-refractivity contribution in [2.45, 2.75) is 6.42 Å². The fourth-order valence-electron chi connectivity index (χ4n) is 2.26. The molecule has 0 fully saturated rings. The van der Waals surface area contributed by atoms with Gasteiger partial charge in [-0.05, 0) is 29.3 Å². The van der Waals surface area contributed by atoms with Gasteiger partial charge < -0.3 is 0 Å². The summed E-state index contributed by atoms with van der Waals surface area (Å²) in [6, 6.07) is 1.97. The quantitative estimate of drug-likeness (QED) is 0.679. The molecule has 19 heavy (non-hydrogen) atoms. The van der Waals surface area contributed by atoms with E-state index in [1.165, 1.54) is 29.5 Å². The largest absolute Gasteiger partial charge is 0.300 e. The molecule has 0 unspecified atom stereocenters. The number of hydrogen-bond acceptors (Lipinski definition) is 2. The summed E-state index contributed by atoms with van der Waals surface area (Å²) in [5.74, 6) is -0.940. The van der Waals surface area contributed by atoms with Crippen molar-refractivity contribution in [3.05, 3.63) is 35.0 Å². The lowest BCUT2D eigenvalue weighted by molar-refractivity contribution is -0.109. The number of nitrogens with zero attached hydrogens (tertiary/aromatic N) is 2. The monoisotopic (exact) mass is 252 g/mol. The summed E-state index contributed by atoms with van der Waals surface area (Å²) in [6.45, 7) is 0. The van der Waals surface area contributed by atoms with Crippen LogP contribution < -0.4 is 0 Å². The number of amidine groups is 1. The van der Waals surface area contributed by atoms with E-state index in [-0.39, 0.29) is 11.6 Å². The Bertz CT molecular complexity index is 788. The van der Waals surface area contributed by atoms with Gasteiger partial charge >= 0.3 is 0 Å². The van der Waals surface area contributed by atoms with Crippen LogP contribution in [0.4, 0.5) is 0 Å². The van der Waals surface area contributed by atoms with Gasteiger partial charge in [0.25, 0.3) is 5.91 Å². The summed E-state index contributed by atoms with van der Waals surface area (Å²) in [5.41, 5.74) is 4.65. The van der Waals surface area contributed by atoms with E-state index in [0.717, 1.165) is 17.7 Å². The van der Waals surface area contributed by atoms with Gasteiger partial charge in [0, 0.05) is 18.2 Å². The zero-order chi connectivity index (χ0) is 13.0. The average Bonchev–Trinajstić information content (AvgIpc) is 2.89. The second kappa shape index (κ2) is 3.38. The Morgan fingerprint density at radius 3 is 3.11 bits per heavy atom. The first-order valence-corrected chi connectivity index (χ1v) is 5.83.